The van der Waals surface area contributed by atoms with E-state index in [2.05, 4.69) is 50.6 Å². The zero-order valence-electron chi connectivity index (χ0n) is 12.9. The number of benzene rings is 1. The largest absolute Gasteiger partial charge is 0.291 e. The van der Waals surface area contributed by atoms with E-state index < -0.39 is 0 Å². The van der Waals surface area contributed by atoms with Gasteiger partial charge in [-0.05, 0) is 17.5 Å². The third kappa shape index (κ3) is 3.46. The van der Waals surface area contributed by atoms with Crippen LogP contribution in [0.3, 0.4) is 0 Å². The Morgan fingerprint density at radius 3 is 3.00 bits per heavy atom. The molecule has 0 amide bonds. The number of hydrogen-bond donors (Lipinski definition) is 0. The van der Waals surface area contributed by atoms with Gasteiger partial charge in [-0.2, -0.15) is 0 Å². The van der Waals surface area contributed by atoms with E-state index in [-0.39, 0.29) is 0 Å². The first-order valence-corrected chi connectivity index (χ1v) is 8.72. The van der Waals surface area contributed by atoms with E-state index in [1.165, 1.54) is 21.8 Å². The van der Waals surface area contributed by atoms with Gasteiger partial charge in [0.2, 0.25) is 0 Å². The Morgan fingerprint density at radius 1 is 1.17 bits per heavy atom. The van der Waals surface area contributed by atoms with Gasteiger partial charge < -0.3 is 0 Å². The summed E-state index contributed by atoms with van der Waals surface area (Å²) in [6.45, 7) is 2.84. The summed E-state index contributed by atoms with van der Waals surface area (Å²) in [5.41, 5.74) is 4.92. The van der Waals surface area contributed by atoms with Gasteiger partial charge in [-0.25, -0.2) is 15.0 Å². The normalized spacial score (nSPS) is 14.6. The van der Waals surface area contributed by atoms with Crippen LogP contribution in [0.2, 0.25) is 0 Å². The molecule has 0 atom stereocenters. The fourth-order valence-corrected chi connectivity index (χ4v) is 3.76. The number of hydrogen-bond acceptors (Lipinski definition) is 5. The predicted molar refractivity (Wildman–Crippen MR) is 91.2 cm³/mol. The molecular formula is C18H18N4S. The van der Waals surface area contributed by atoms with Crippen molar-refractivity contribution in [1.82, 2.24) is 19.9 Å². The summed E-state index contributed by atoms with van der Waals surface area (Å²) in [6.07, 6.45) is 5.53. The van der Waals surface area contributed by atoms with Gasteiger partial charge in [0.15, 0.2) is 0 Å². The van der Waals surface area contributed by atoms with Gasteiger partial charge in [0, 0.05) is 37.6 Å². The van der Waals surface area contributed by atoms with Crippen molar-refractivity contribution in [3.63, 3.8) is 0 Å². The maximum absolute atomic E-state index is 4.80. The van der Waals surface area contributed by atoms with Crippen LogP contribution in [0.15, 0.2) is 48.2 Å². The minimum Gasteiger partial charge on any atom is -0.291 e. The maximum Gasteiger partial charge on any atom is 0.115 e. The van der Waals surface area contributed by atoms with Crippen LogP contribution >= 0.6 is 11.3 Å². The topological polar surface area (TPSA) is 41.9 Å². The molecule has 116 valence electrons. The molecule has 0 saturated carbocycles. The molecule has 5 heteroatoms. The highest BCUT2D eigenvalue weighted by Gasteiger charge is 2.18. The molecular weight excluding hydrogens is 304 g/mol. The summed E-state index contributed by atoms with van der Waals surface area (Å²) in [5.74, 6) is 0. The third-order valence-corrected chi connectivity index (χ3v) is 5.03. The maximum atomic E-state index is 4.80. The second-order valence-electron chi connectivity index (χ2n) is 5.85. The molecule has 0 spiro atoms. The van der Waals surface area contributed by atoms with Crippen LogP contribution in [0.4, 0.5) is 0 Å². The molecule has 0 N–H and O–H groups in total. The molecule has 4 nitrogen and oxygen atoms in total. The number of fused-ring (bicyclic) bond motifs is 1. The second-order valence-corrected chi connectivity index (χ2v) is 6.79. The van der Waals surface area contributed by atoms with Crippen LogP contribution in [-0.4, -0.2) is 26.4 Å². The Kier molecular flexibility index (Phi) is 4.13. The number of aromatic nitrogens is 3. The van der Waals surface area contributed by atoms with Crippen molar-refractivity contribution in [3.8, 4) is 0 Å². The van der Waals surface area contributed by atoms with Crippen LogP contribution in [0.5, 0.6) is 0 Å². The van der Waals surface area contributed by atoms with Crippen molar-refractivity contribution >= 4 is 11.3 Å². The molecule has 2 aromatic heterocycles. The number of rotatable bonds is 4. The van der Waals surface area contributed by atoms with Crippen molar-refractivity contribution in [2.24, 2.45) is 0 Å². The van der Waals surface area contributed by atoms with Gasteiger partial charge in [0.25, 0.3) is 0 Å². The summed E-state index contributed by atoms with van der Waals surface area (Å²) in [4.78, 5) is 15.7. The summed E-state index contributed by atoms with van der Waals surface area (Å²) < 4.78 is 0. The number of nitrogens with zero attached hydrogens (tertiary/aromatic N) is 4. The lowest BCUT2D eigenvalue weighted by atomic mass is 10.1. The first-order valence-electron chi connectivity index (χ1n) is 7.84. The van der Waals surface area contributed by atoms with E-state index in [0.717, 1.165) is 38.2 Å². The van der Waals surface area contributed by atoms with Crippen molar-refractivity contribution in [2.45, 2.75) is 25.9 Å². The minimum atomic E-state index is 0.892. The lowest BCUT2D eigenvalue weighted by molar-refractivity contribution is 0.238. The van der Waals surface area contributed by atoms with Gasteiger partial charge in [0.1, 0.15) is 6.33 Å². The van der Waals surface area contributed by atoms with Crippen LogP contribution in [-0.2, 0) is 25.9 Å². The third-order valence-electron chi connectivity index (χ3n) is 4.14. The highest BCUT2D eigenvalue weighted by atomic mass is 32.1. The molecule has 1 aromatic carbocycles. The molecule has 0 radical (unpaired) electrons. The van der Waals surface area contributed by atoms with Crippen LogP contribution < -0.4 is 0 Å². The van der Waals surface area contributed by atoms with Crippen molar-refractivity contribution < 1.29 is 0 Å². The van der Waals surface area contributed by atoms with E-state index in [0.29, 0.717) is 0 Å². The molecule has 1 aliphatic heterocycles. The predicted octanol–water partition coefficient (Wildman–Crippen LogP) is 3.08. The SMILES string of the molecule is c1ccc(Cc2nc(CN3CCc4cncnc4C3)cs2)cc1. The van der Waals surface area contributed by atoms with Gasteiger partial charge in [-0.15, -0.1) is 11.3 Å². The van der Waals surface area contributed by atoms with Crippen LogP contribution in [0, 0.1) is 0 Å². The summed E-state index contributed by atoms with van der Waals surface area (Å²) >= 11 is 1.76. The van der Waals surface area contributed by atoms with Crippen molar-refractivity contribution in [3.05, 3.63) is 75.8 Å². The highest BCUT2D eigenvalue weighted by Crippen LogP contribution is 2.20. The minimum absolute atomic E-state index is 0.892. The Balaban J connectivity index is 1.41. The molecule has 0 aliphatic carbocycles. The zero-order chi connectivity index (χ0) is 15.5. The van der Waals surface area contributed by atoms with Gasteiger partial charge >= 0.3 is 0 Å². The lowest BCUT2D eigenvalue weighted by Gasteiger charge is -2.26. The van der Waals surface area contributed by atoms with Gasteiger partial charge in [-0.3, -0.25) is 4.90 Å². The standard InChI is InChI=1S/C18H18N4S/c1-2-4-14(5-3-1)8-18-21-16(12-23-18)10-22-7-6-15-9-19-13-20-17(15)11-22/h1-5,9,12-13H,6-8,10-11H2. The molecule has 0 unspecified atom stereocenters. The quantitative estimate of drug-likeness (QED) is 0.740. The van der Waals surface area contributed by atoms with E-state index in [4.69, 9.17) is 4.98 Å². The Hall–Kier alpha value is -2.11. The second kappa shape index (κ2) is 6.56. The summed E-state index contributed by atoms with van der Waals surface area (Å²) in [5, 5.41) is 3.37. The average Bonchev–Trinajstić information content (AvgIpc) is 3.02. The first-order chi connectivity index (χ1) is 11.4. The van der Waals surface area contributed by atoms with Crippen molar-refractivity contribution in [1.29, 1.82) is 0 Å². The molecule has 3 heterocycles. The monoisotopic (exact) mass is 322 g/mol. The number of thiazole rings is 1. The molecule has 0 fully saturated rings. The molecule has 4 rings (SSSR count). The van der Waals surface area contributed by atoms with Crippen LogP contribution in [0.1, 0.15) is 27.5 Å². The Labute approximate surface area is 139 Å². The summed E-state index contributed by atoms with van der Waals surface area (Å²) in [6, 6.07) is 10.5. The zero-order valence-corrected chi connectivity index (χ0v) is 13.7. The molecule has 23 heavy (non-hydrogen) atoms. The molecule has 1 aliphatic rings. The average molecular weight is 322 g/mol. The fraction of sp³-hybridized carbons (Fsp3) is 0.278. The summed E-state index contributed by atoms with van der Waals surface area (Å²) in [7, 11) is 0. The van der Waals surface area contributed by atoms with Gasteiger partial charge in [-0.1, -0.05) is 30.3 Å². The first kappa shape index (κ1) is 14.5. The van der Waals surface area contributed by atoms with E-state index >= 15 is 0 Å². The molecule has 0 bridgehead atoms. The van der Waals surface area contributed by atoms with E-state index in [1.54, 1.807) is 17.7 Å². The van der Waals surface area contributed by atoms with Crippen molar-refractivity contribution in [2.75, 3.05) is 6.54 Å². The van der Waals surface area contributed by atoms with E-state index in [9.17, 15) is 0 Å². The fourth-order valence-electron chi connectivity index (χ4n) is 2.94. The molecule has 3 aromatic rings. The molecule has 0 saturated heterocycles. The lowest BCUT2D eigenvalue weighted by Crippen LogP contribution is -2.31. The highest BCUT2D eigenvalue weighted by molar-refractivity contribution is 7.09. The Bertz CT molecular complexity index is 784. The smallest absolute Gasteiger partial charge is 0.115 e. The van der Waals surface area contributed by atoms with E-state index in [1.807, 2.05) is 6.20 Å². The Morgan fingerprint density at radius 2 is 2.09 bits per heavy atom. The van der Waals surface area contributed by atoms with Crippen LogP contribution in [0.25, 0.3) is 0 Å². The van der Waals surface area contributed by atoms with Gasteiger partial charge in [0.05, 0.1) is 16.4 Å².